The molecule has 0 radical (unpaired) electrons. The third kappa shape index (κ3) is 4.46. The molecular weight excluding hydrogens is 148 g/mol. The lowest BCUT2D eigenvalue weighted by Crippen LogP contribution is -2.67. The lowest BCUT2D eigenvalue weighted by Gasteiger charge is -2.09. The van der Waals surface area contributed by atoms with Gasteiger partial charge in [-0.1, -0.05) is 0 Å². The first-order chi connectivity index (χ1) is 5.07. The summed E-state index contributed by atoms with van der Waals surface area (Å²) in [7, 11) is 1.46. The maximum atomic E-state index is 10.7. The Morgan fingerprint density at radius 1 is 1.64 bits per heavy atom. The predicted molar refractivity (Wildman–Crippen MR) is 37.4 cm³/mol. The third-order valence-electron chi connectivity index (χ3n) is 1.10. The van der Waals surface area contributed by atoms with E-state index in [1.807, 2.05) is 0 Å². The van der Waals surface area contributed by atoms with E-state index in [2.05, 4.69) is 11.1 Å². The monoisotopic (exact) mass is 161 g/mol. The number of carbonyl (C=O) groups is 2. The van der Waals surface area contributed by atoms with Gasteiger partial charge in [0.25, 0.3) is 0 Å². The smallest absolute Gasteiger partial charge is 0.333 e. The quantitative estimate of drug-likeness (QED) is 0.495. The molecule has 0 aromatic rings. The molecule has 0 saturated heterocycles. The molecule has 5 heteroatoms. The standard InChI is InChI=1S/C6H12N2O3/c1-4(9)8-5(3-11-2)6(7)10/h5H,3H2,1-2H3,(H2,7,10)(H,8,9)/p+1. The molecular formula is C6H13N2O3+. The van der Waals surface area contributed by atoms with Crippen LogP contribution in [-0.4, -0.2) is 31.6 Å². The van der Waals surface area contributed by atoms with Gasteiger partial charge in [0, 0.05) is 14.0 Å². The molecule has 0 aliphatic carbocycles. The highest BCUT2D eigenvalue weighted by Crippen LogP contribution is 1.81. The number of carbonyl (C=O) groups excluding carboxylic acids is 2. The zero-order valence-corrected chi connectivity index (χ0v) is 6.72. The molecule has 2 amide bonds. The van der Waals surface area contributed by atoms with Crippen LogP contribution in [-0.2, 0) is 14.3 Å². The molecule has 0 spiro atoms. The molecule has 1 atom stereocenters. The van der Waals surface area contributed by atoms with Crippen molar-refractivity contribution in [3.63, 3.8) is 0 Å². The first-order valence-electron chi connectivity index (χ1n) is 3.19. The molecule has 0 aromatic heterocycles. The summed E-state index contributed by atoms with van der Waals surface area (Å²) in [6.07, 6.45) is 0. The zero-order chi connectivity index (χ0) is 8.85. The largest absolute Gasteiger partial charge is 0.382 e. The van der Waals surface area contributed by atoms with Crippen molar-refractivity contribution in [3.8, 4) is 0 Å². The fourth-order valence-electron chi connectivity index (χ4n) is 0.627. The summed E-state index contributed by atoms with van der Waals surface area (Å²) in [6.45, 7) is 1.51. The van der Waals surface area contributed by atoms with Crippen LogP contribution in [0.15, 0.2) is 0 Å². The van der Waals surface area contributed by atoms with Gasteiger partial charge in [-0.25, -0.2) is 4.79 Å². The second-order valence-corrected chi connectivity index (χ2v) is 2.17. The Balaban J connectivity index is 3.89. The number of methoxy groups -OCH3 is 1. The summed E-state index contributed by atoms with van der Waals surface area (Å²) < 4.78 is 4.69. The minimum atomic E-state index is -0.613. The van der Waals surface area contributed by atoms with Crippen molar-refractivity contribution >= 4 is 11.8 Å². The van der Waals surface area contributed by atoms with Crippen molar-refractivity contribution in [1.29, 1.82) is 0 Å². The molecule has 11 heavy (non-hydrogen) atoms. The molecule has 0 saturated carbocycles. The third-order valence-corrected chi connectivity index (χ3v) is 1.10. The summed E-state index contributed by atoms with van der Waals surface area (Å²) in [4.78, 5) is 21.2. The SMILES string of the molecule is COCC(NC(C)=O)C([NH3+])=O. The molecule has 0 heterocycles. The normalized spacial score (nSPS) is 12.3. The average Bonchev–Trinajstić information content (AvgIpc) is 1.86. The van der Waals surface area contributed by atoms with Crippen molar-refractivity contribution in [1.82, 2.24) is 5.32 Å². The Hall–Kier alpha value is -0.940. The molecule has 0 rings (SSSR count). The molecule has 64 valence electrons. The van der Waals surface area contributed by atoms with Crippen LogP contribution < -0.4 is 11.1 Å². The number of rotatable bonds is 4. The second-order valence-electron chi connectivity index (χ2n) is 2.17. The van der Waals surface area contributed by atoms with E-state index in [0.29, 0.717) is 0 Å². The first kappa shape index (κ1) is 10.1. The van der Waals surface area contributed by atoms with Crippen molar-refractivity contribution in [2.45, 2.75) is 13.0 Å². The number of quaternary nitrogens is 1. The van der Waals surface area contributed by atoms with Gasteiger partial charge < -0.3 is 10.1 Å². The maximum absolute atomic E-state index is 10.7. The number of hydrogen-bond acceptors (Lipinski definition) is 3. The Kier molecular flexibility index (Phi) is 4.40. The Morgan fingerprint density at radius 3 is 2.45 bits per heavy atom. The lowest BCUT2D eigenvalue weighted by molar-refractivity contribution is -0.309. The molecule has 5 nitrogen and oxygen atoms in total. The van der Waals surface area contributed by atoms with Crippen molar-refractivity contribution in [2.24, 2.45) is 0 Å². The van der Waals surface area contributed by atoms with E-state index in [1.54, 1.807) is 0 Å². The molecule has 4 N–H and O–H groups in total. The number of amides is 2. The van der Waals surface area contributed by atoms with Crippen LogP contribution in [0.1, 0.15) is 6.92 Å². The van der Waals surface area contributed by atoms with Gasteiger partial charge in [0.1, 0.15) is 0 Å². The predicted octanol–water partition coefficient (Wildman–Crippen LogP) is -2.09. The lowest BCUT2D eigenvalue weighted by atomic mass is 10.3. The highest BCUT2D eigenvalue weighted by Gasteiger charge is 2.18. The minimum Gasteiger partial charge on any atom is -0.382 e. The summed E-state index contributed by atoms with van der Waals surface area (Å²) >= 11 is 0. The van der Waals surface area contributed by atoms with E-state index in [4.69, 9.17) is 4.74 Å². The number of nitrogens with one attached hydrogen (secondary N) is 1. The van der Waals surface area contributed by atoms with E-state index in [9.17, 15) is 9.59 Å². The maximum Gasteiger partial charge on any atom is 0.333 e. The van der Waals surface area contributed by atoms with Crippen LogP contribution in [0.25, 0.3) is 0 Å². The Bertz CT molecular complexity index is 158. The van der Waals surface area contributed by atoms with Crippen LogP contribution in [0.5, 0.6) is 0 Å². The zero-order valence-electron chi connectivity index (χ0n) is 6.72. The number of ether oxygens (including phenoxy) is 1. The van der Waals surface area contributed by atoms with Crippen LogP contribution in [0, 0.1) is 0 Å². The molecule has 0 aromatic carbocycles. The van der Waals surface area contributed by atoms with E-state index in [0.717, 1.165) is 0 Å². The highest BCUT2D eigenvalue weighted by molar-refractivity contribution is 5.81. The summed E-state index contributed by atoms with van der Waals surface area (Å²) in [5.41, 5.74) is 3.18. The van der Waals surface area contributed by atoms with Crippen molar-refractivity contribution in [3.05, 3.63) is 0 Å². The van der Waals surface area contributed by atoms with Gasteiger partial charge in [-0.05, 0) is 0 Å². The van der Waals surface area contributed by atoms with Gasteiger partial charge in [-0.2, -0.15) is 0 Å². The van der Waals surface area contributed by atoms with Crippen molar-refractivity contribution < 1.29 is 20.1 Å². The van der Waals surface area contributed by atoms with Crippen molar-refractivity contribution in [2.75, 3.05) is 13.7 Å². The molecule has 0 aliphatic rings. The van der Waals surface area contributed by atoms with E-state index in [-0.39, 0.29) is 18.4 Å². The van der Waals surface area contributed by atoms with E-state index >= 15 is 0 Å². The van der Waals surface area contributed by atoms with Gasteiger partial charge in [0.05, 0.1) is 6.61 Å². The Labute approximate surface area is 64.9 Å². The fraction of sp³-hybridized carbons (Fsp3) is 0.667. The minimum absolute atomic E-state index is 0.169. The van der Waals surface area contributed by atoms with Gasteiger partial charge in [-0.15, -0.1) is 0 Å². The molecule has 0 bridgehead atoms. The van der Waals surface area contributed by atoms with Crippen LogP contribution in [0.2, 0.25) is 0 Å². The molecule has 0 fully saturated rings. The van der Waals surface area contributed by atoms with E-state index in [1.165, 1.54) is 14.0 Å². The average molecular weight is 161 g/mol. The first-order valence-corrected chi connectivity index (χ1v) is 3.19. The summed E-state index contributed by atoms with van der Waals surface area (Å²) in [5.74, 6) is -0.605. The second kappa shape index (κ2) is 4.81. The summed E-state index contributed by atoms with van der Waals surface area (Å²) in [5, 5.41) is 2.40. The summed E-state index contributed by atoms with van der Waals surface area (Å²) in [6, 6.07) is -0.613. The highest BCUT2D eigenvalue weighted by atomic mass is 16.5. The van der Waals surface area contributed by atoms with Crippen LogP contribution >= 0.6 is 0 Å². The van der Waals surface area contributed by atoms with E-state index < -0.39 is 6.04 Å². The topological polar surface area (TPSA) is 83.0 Å². The van der Waals surface area contributed by atoms with Crippen LogP contribution in [0.3, 0.4) is 0 Å². The Morgan fingerprint density at radius 2 is 2.18 bits per heavy atom. The van der Waals surface area contributed by atoms with Gasteiger partial charge in [0.15, 0.2) is 6.04 Å². The van der Waals surface area contributed by atoms with Gasteiger partial charge >= 0.3 is 5.91 Å². The molecule has 1 unspecified atom stereocenters. The van der Waals surface area contributed by atoms with Crippen LogP contribution in [0.4, 0.5) is 0 Å². The molecule has 0 aliphatic heterocycles. The van der Waals surface area contributed by atoms with Gasteiger partial charge in [0.2, 0.25) is 5.91 Å². The fourth-order valence-corrected chi connectivity index (χ4v) is 0.627. The number of hydrogen-bond donors (Lipinski definition) is 2. The van der Waals surface area contributed by atoms with Gasteiger partial charge in [-0.3, -0.25) is 10.5 Å².